The molecule has 1 aliphatic heterocycles. The quantitative estimate of drug-likeness (QED) is 0.837. The van der Waals surface area contributed by atoms with Gasteiger partial charge in [-0.2, -0.15) is 0 Å². The maximum Gasteiger partial charge on any atom is 0.280 e. The van der Waals surface area contributed by atoms with Crippen molar-refractivity contribution < 1.29 is 14.7 Å². The van der Waals surface area contributed by atoms with Gasteiger partial charge in [0.05, 0.1) is 18.2 Å². The van der Waals surface area contributed by atoms with Crippen LogP contribution in [-0.2, 0) is 0 Å². The molecule has 1 N–H and O–H groups in total. The summed E-state index contributed by atoms with van der Waals surface area (Å²) in [6, 6.07) is 3.21. The van der Waals surface area contributed by atoms with Gasteiger partial charge < -0.3 is 5.11 Å². The summed E-state index contributed by atoms with van der Waals surface area (Å²) in [6.45, 7) is 6.02. The average molecular weight is 262 g/mol. The molecule has 0 bridgehead atoms. The van der Waals surface area contributed by atoms with Crippen LogP contribution in [0, 0.1) is 5.41 Å². The Labute approximate surface area is 112 Å². The Bertz CT molecular complexity index is 485. The number of aliphatic hydroxyl groups excluding tert-OH is 1. The molecule has 2 amide bonds. The van der Waals surface area contributed by atoms with E-state index in [4.69, 9.17) is 0 Å². The predicted molar refractivity (Wildman–Crippen MR) is 69.7 cm³/mol. The lowest BCUT2D eigenvalue weighted by atomic mass is 9.89. The van der Waals surface area contributed by atoms with Crippen LogP contribution in [0.25, 0.3) is 0 Å². The monoisotopic (exact) mass is 262 g/mol. The number of rotatable bonds is 3. The van der Waals surface area contributed by atoms with Crippen LogP contribution in [-0.4, -0.2) is 39.5 Å². The molecule has 0 radical (unpaired) electrons. The zero-order chi connectivity index (χ0) is 14.2. The van der Waals surface area contributed by atoms with E-state index in [0.29, 0.717) is 12.0 Å². The van der Waals surface area contributed by atoms with Crippen molar-refractivity contribution in [3.63, 3.8) is 0 Å². The highest BCUT2D eigenvalue weighted by Crippen LogP contribution is 2.24. The Hall–Kier alpha value is -1.75. The molecule has 1 aromatic heterocycles. The van der Waals surface area contributed by atoms with E-state index in [1.165, 1.54) is 6.20 Å². The number of carbonyl (C=O) groups excluding carboxylic acids is 2. The van der Waals surface area contributed by atoms with E-state index in [-0.39, 0.29) is 23.6 Å². The summed E-state index contributed by atoms with van der Waals surface area (Å²) in [6.07, 6.45) is 1.29. The fourth-order valence-electron chi connectivity index (χ4n) is 2.26. The highest BCUT2D eigenvalue weighted by Gasteiger charge is 2.37. The van der Waals surface area contributed by atoms with Crippen LogP contribution in [0.1, 0.15) is 48.0 Å². The first-order chi connectivity index (χ1) is 8.79. The van der Waals surface area contributed by atoms with Crippen LogP contribution < -0.4 is 0 Å². The van der Waals surface area contributed by atoms with Crippen LogP contribution in [0.15, 0.2) is 18.3 Å². The van der Waals surface area contributed by atoms with E-state index in [0.717, 1.165) is 4.90 Å². The minimum Gasteiger partial charge on any atom is -0.391 e. The number of amides is 2. The van der Waals surface area contributed by atoms with Gasteiger partial charge in [0, 0.05) is 6.20 Å². The molecule has 1 aromatic rings. The molecule has 0 fully saturated rings. The molecular weight excluding hydrogens is 244 g/mol. The van der Waals surface area contributed by atoms with E-state index in [1.807, 2.05) is 20.8 Å². The molecule has 0 aromatic carbocycles. The molecule has 2 heterocycles. The third kappa shape index (κ3) is 2.81. The van der Waals surface area contributed by atoms with Crippen molar-refractivity contribution in [2.45, 2.75) is 33.3 Å². The fourth-order valence-corrected chi connectivity index (χ4v) is 2.26. The maximum absolute atomic E-state index is 12.1. The summed E-state index contributed by atoms with van der Waals surface area (Å²) in [4.78, 5) is 29.1. The first-order valence-electron chi connectivity index (χ1n) is 6.29. The van der Waals surface area contributed by atoms with Gasteiger partial charge in [0.1, 0.15) is 5.69 Å². The van der Waals surface area contributed by atoms with E-state index >= 15 is 0 Å². The van der Waals surface area contributed by atoms with Gasteiger partial charge in [0.25, 0.3) is 11.8 Å². The first kappa shape index (κ1) is 13.7. The fraction of sp³-hybridized carbons (Fsp3) is 0.500. The average Bonchev–Trinajstić information content (AvgIpc) is 2.53. The maximum atomic E-state index is 12.1. The lowest BCUT2D eigenvalue weighted by molar-refractivity contribution is 0.0474. The summed E-state index contributed by atoms with van der Waals surface area (Å²) in [5.41, 5.74) is 0.432. The smallest absolute Gasteiger partial charge is 0.280 e. The highest BCUT2D eigenvalue weighted by molar-refractivity contribution is 6.20. The zero-order valence-electron chi connectivity index (χ0n) is 11.4. The molecule has 19 heavy (non-hydrogen) atoms. The van der Waals surface area contributed by atoms with Gasteiger partial charge in [-0.1, -0.05) is 20.8 Å². The van der Waals surface area contributed by atoms with Crippen molar-refractivity contribution in [1.29, 1.82) is 0 Å². The van der Waals surface area contributed by atoms with Crippen molar-refractivity contribution in [3.8, 4) is 0 Å². The Morgan fingerprint density at radius 2 is 2.00 bits per heavy atom. The Morgan fingerprint density at radius 3 is 2.58 bits per heavy atom. The summed E-state index contributed by atoms with van der Waals surface area (Å²) in [5, 5.41) is 9.99. The number of pyridine rings is 1. The molecule has 0 spiro atoms. The molecule has 0 saturated heterocycles. The molecular formula is C14H18N2O3. The van der Waals surface area contributed by atoms with Crippen LogP contribution in [0.5, 0.6) is 0 Å². The summed E-state index contributed by atoms with van der Waals surface area (Å²) in [5.74, 6) is -0.797. The van der Waals surface area contributed by atoms with Gasteiger partial charge in [0.15, 0.2) is 0 Å². The third-order valence-electron chi connectivity index (χ3n) is 2.97. The lowest BCUT2D eigenvalue weighted by Crippen LogP contribution is -2.38. The number of nitrogens with zero attached hydrogens (tertiary/aromatic N) is 2. The van der Waals surface area contributed by atoms with Gasteiger partial charge in [0.2, 0.25) is 0 Å². The van der Waals surface area contributed by atoms with Crippen LogP contribution in [0.3, 0.4) is 0 Å². The molecule has 5 nitrogen and oxygen atoms in total. The Balaban J connectivity index is 2.12. The predicted octanol–water partition coefficient (Wildman–Crippen LogP) is 1.47. The first-order valence-corrected chi connectivity index (χ1v) is 6.29. The van der Waals surface area contributed by atoms with Crippen molar-refractivity contribution in [1.82, 2.24) is 9.88 Å². The van der Waals surface area contributed by atoms with E-state index < -0.39 is 12.0 Å². The molecule has 1 unspecified atom stereocenters. The molecule has 5 heteroatoms. The minimum absolute atomic E-state index is 0.0191. The molecule has 0 aliphatic carbocycles. The summed E-state index contributed by atoms with van der Waals surface area (Å²) < 4.78 is 0. The Kier molecular flexibility index (Phi) is 3.41. The second-order valence-electron chi connectivity index (χ2n) is 6.04. The molecule has 102 valence electrons. The number of hydrogen-bond donors (Lipinski definition) is 1. The number of aliphatic hydroxyl groups is 1. The third-order valence-corrected chi connectivity index (χ3v) is 2.97. The SMILES string of the molecule is CC(C)(C)CC(O)CN1C(=O)c2cccnc2C1=O. The second kappa shape index (κ2) is 4.74. The minimum atomic E-state index is -0.720. The largest absolute Gasteiger partial charge is 0.391 e. The van der Waals surface area contributed by atoms with E-state index in [2.05, 4.69) is 4.98 Å². The van der Waals surface area contributed by atoms with Gasteiger partial charge in [-0.15, -0.1) is 0 Å². The number of β-amino-alcohol motifs (C(OH)–C–C–N with tert-alkyl or cyclic N) is 1. The Morgan fingerprint density at radius 1 is 1.32 bits per heavy atom. The zero-order valence-corrected chi connectivity index (χ0v) is 11.4. The van der Waals surface area contributed by atoms with E-state index in [1.54, 1.807) is 12.1 Å². The number of carbonyl (C=O) groups is 2. The number of imide groups is 1. The van der Waals surface area contributed by atoms with Crippen LogP contribution >= 0.6 is 0 Å². The molecule has 1 atom stereocenters. The van der Waals surface area contributed by atoms with Crippen molar-refractivity contribution in [2.75, 3.05) is 6.54 Å². The molecule has 1 aliphatic rings. The van der Waals surface area contributed by atoms with Crippen molar-refractivity contribution in [2.24, 2.45) is 5.41 Å². The van der Waals surface area contributed by atoms with Crippen molar-refractivity contribution in [3.05, 3.63) is 29.6 Å². The topological polar surface area (TPSA) is 70.5 Å². The molecule has 0 saturated carbocycles. The standard InChI is InChI=1S/C14H18N2O3/c1-14(2,3)7-9(17)8-16-12(18)10-5-4-6-15-11(10)13(16)19/h4-6,9,17H,7-8H2,1-3H3. The number of hydrogen-bond acceptors (Lipinski definition) is 4. The summed E-state index contributed by atoms with van der Waals surface area (Å²) >= 11 is 0. The second-order valence-corrected chi connectivity index (χ2v) is 6.04. The van der Waals surface area contributed by atoms with E-state index in [9.17, 15) is 14.7 Å². The van der Waals surface area contributed by atoms with Gasteiger partial charge in [-0.05, 0) is 24.0 Å². The highest BCUT2D eigenvalue weighted by atomic mass is 16.3. The summed E-state index contributed by atoms with van der Waals surface area (Å²) in [7, 11) is 0. The lowest BCUT2D eigenvalue weighted by Gasteiger charge is -2.25. The normalized spacial score (nSPS) is 16.7. The van der Waals surface area contributed by atoms with Crippen LogP contribution in [0.2, 0.25) is 0 Å². The van der Waals surface area contributed by atoms with Crippen molar-refractivity contribution >= 4 is 11.8 Å². The van der Waals surface area contributed by atoms with Crippen LogP contribution in [0.4, 0.5) is 0 Å². The number of fused-ring (bicyclic) bond motifs is 1. The van der Waals surface area contributed by atoms with Gasteiger partial charge in [-0.25, -0.2) is 0 Å². The number of aromatic nitrogens is 1. The molecule has 2 rings (SSSR count). The van der Waals surface area contributed by atoms with Gasteiger partial charge in [-0.3, -0.25) is 19.5 Å². The van der Waals surface area contributed by atoms with Gasteiger partial charge >= 0.3 is 0 Å².